The number of carboxylic acid groups (broad SMARTS) is 1. The lowest BCUT2D eigenvalue weighted by atomic mass is 10.2. The van der Waals surface area contributed by atoms with Gasteiger partial charge in [-0.2, -0.15) is 11.8 Å². The Morgan fingerprint density at radius 2 is 2.40 bits per heavy atom. The normalized spacial score (nSPS) is 26.2. The van der Waals surface area contributed by atoms with Crippen molar-refractivity contribution in [1.82, 2.24) is 5.32 Å². The summed E-state index contributed by atoms with van der Waals surface area (Å²) < 4.78 is 0. The van der Waals surface area contributed by atoms with Crippen LogP contribution in [0.3, 0.4) is 0 Å². The first-order chi connectivity index (χ1) is 7.22. The summed E-state index contributed by atoms with van der Waals surface area (Å²) in [4.78, 5) is 10.2. The van der Waals surface area contributed by atoms with Crippen LogP contribution in [0.4, 0.5) is 0 Å². The second-order valence-electron chi connectivity index (χ2n) is 3.74. The third-order valence-corrected chi connectivity index (χ3v) is 3.80. The zero-order valence-corrected chi connectivity index (χ0v) is 9.93. The largest absolute Gasteiger partial charge is 0.478 e. The molecular weight excluding hydrogens is 210 g/mol. The number of aliphatic carboxylic acids is 1. The first kappa shape index (κ1) is 12.6. The van der Waals surface area contributed by atoms with Crippen molar-refractivity contribution in [3.63, 3.8) is 0 Å². The highest BCUT2D eigenvalue weighted by Gasteiger charge is 2.23. The molecule has 1 fully saturated rings. The van der Waals surface area contributed by atoms with Gasteiger partial charge in [0.2, 0.25) is 0 Å². The van der Waals surface area contributed by atoms with Gasteiger partial charge in [-0.1, -0.05) is 13.0 Å². The van der Waals surface area contributed by atoms with E-state index in [0.717, 1.165) is 5.25 Å². The van der Waals surface area contributed by atoms with E-state index in [4.69, 9.17) is 5.11 Å². The van der Waals surface area contributed by atoms with E-state index in [1.807, 2.05) is 11.8 Å². The summed E-state index contributed by atoms with van der Waals surface area (Å²) in [5.74, 6) is 0.318. The van der Waals surface area contributed by atoms with E-state index < -0.39 is 5.97 Å². The standard InChI is InChI=1S/C11H19NO2S/c1-2-15-10-6-5-9(8-10)12-7-3-4-11(13)14/h3-4,9-10,12H,2,5-8H2,1H3,(H,13,14)/b4-3+. The Bertz CT molecular complexity index is 231. The SMILES string of the molecule is CCSC1CCC(NC/C=C/C(=O)O)C1. The summed E-state index contributed by atoms with van der Waals surface area (Å²) in [6.07, 6.45) is 6.60. The maximum absolute atomic E-state index is 10.2. The molecule has 0 spiro atoms. The molecule has 2 N–H and O–H groups in total. The summed E-state index contributed by atoms with van der Waals surface area (Å²) in [7, 11) is 0. The van der Waals surface area contributed by atoms with Crippen molar-refractivity contribution in [3.8, 4) is 0 Å². The molecule has 1 aliphatic carbocycles. The molecule has 0 bridgehead atoms. The summed E-state index contributed by atoms with van der Waals surface area (Å²) in [5.41, 5.74) is 0. The number of hydrogen-bond donors (Lipinski definition) is 2. The van der Waals surface area contributed by atoms with Crippen molar-refractivity contribution >= 4 is 17.7 Å². The Morgan fingerprint density at radius 1 is 1.60 bits per heavy atom. The smallest absolute Gasteiger partial charge is 0.328 e. The monoisotopic (exact) mass is 229 g/mol. The lowest BCUT2D eigenvalue weighted by Crippen LogP contribution is -2.26. The van der Waals surface area contributed by atoms with Crippen LogP contribution in [-0.2, 0) is 4.79 Å². The third kappa shape index (κ3) is 5.23. The Labute approximate surface area is 95.3 Å². The molecule has 2 unspecified atom stereocenters. The van der Waals surface area contributed by atoms with E-state index in [1.54, 1.807) is 6.08 Å². The van der Waals surface area contributed by atoms with Crippen LogP contribution >= 0.6 is 11.8 Å². The number of nitrogens with one attached hydrogen (secondary N) is 1. The molecule has 0 aromatic rings. The van der Waals surface area contributed by atoms with Crippen molar-refractivity contribution < 1.29 is 9.90 Å². The summed E-state index contributed by atoms with van der Waals surface area (Å²) in [5, 5.41) is 12.6. The van der Waals surface area contributed by atoms with Crippen molar-refractivity contribution in [2.45, 2.75) is 37.5 Å². The van der Waals surface area contributed by atoms with Crippen molar-refractivity contribution in [2.24, 2.45) is 0 Å². The predicted molar refractivity (Wildman–Crippen MR) is 64.3 cm³/mol. The molecule has 4 heteroatoms. The van der Waals surface area contributed by atoms with E-state index in [0.29, 0.717) is 12.6 Å². The van der Waals surface area contributed by atoms with Gasteiger partial charge in [0.1, 0.15) is 0 Å². The second kappa shape index (κ2) is 6.90. The van der Waals surface area contributed by atoms with Gasteiger partial charge in [-0.25, -0.2) is 4.79 Å². The molecule has 1 aliphatic rings. The molecule has 3 nitrogen and oxygen atoms in total. The maximum atomic E-state index is 10.2. The predicted octanol–water partition coefficient (Wildman–Crippen LogP) is 1.89. The van der Waals surface area contributed by atoms with E-state index in [2.05, 4.69) is 12.2 Å². The number of hydrogen-bond acceptors (Lipinski definition) is 3. The fraction of sp³-hybridized carbons (Fsp3) is 0.727. The minimum absolute atomic E-state index is 0.576. The number of carbonyl (C=O) groups is 1. The van der Waals surface area contributed by atoms with Gasteiger partial charge in [0.05, 0.1) is 0 Å². The highest BCUT2D eigenvalue weighted by atomic mass is 32.2. The van der Waals surface area contributed by atoms with Crippen LogP contribution in [0.25, 0.3) is 0 Å². The number of carboxylic acids is 1. The van der Waals surface area contributed by atoms with E-state index in [1.165, 1.54) is 31.1 Å². The first-order valence-electron chi connectivity index (χ1n) is 5.46. The molecule has 0 heterocycles. The van der Waals surface area contributed by atoms with Gasteiger partial charge in [-0.3, -0.25) is 0 Å². The molecule has 1 rings (SSSR count). The number of thioether (sulfide) groups is 1. The molecular formula is C11H19NO2S. The van der Waals surface area contributed by atoms with Crippen molar-refractivity contribution in [2.75, 3.05) is 12.3 Å². The topological polar surface area (TPSA) is 49.3 Å². The Morgan fingerprint density at radius 3 is 3.07 bits per heavy atom. The molecule has 15 heavy (non-hydrogen) atoms. The van der Waals surface area contributed by atoms with Crippen molar-refractivity contribution in [3.05, 3.63) is 12.2 Å². The van der Waals surface area contributed by atoms with Gasteiger partial charge in [0, 0.05) is 23.9 Å². The lowest BCUT2D eigenvalue weighted by molar-refractivity contribution is -0.131. The van der Waals surface area contributed by atoms with Crippen LogP contribution < -0.4 is 5.32 Å². The average molecular weight is 229 g/mol. The molecule has 1 saturated carbocycles. The van der Waals surface area contributed by atoms with Crippen LogP contribution in [0.2, 0.25) is 0 Å². The van der Waals surface area contributed by atoms with Gasteiger partial charge in [-0.05, 0) is 25.0 Å². The molecule has 0 radical (unpaired) electrons. The third-order valence-electron chi connectivity index (χ3n) is 2.57. The molecule has 0 aliphatic heterocycles. The van der Waals surface area contributed by atoms with Gasteiger partial charge in [-0.15, -0.1) is 0 Å². The van der Waals surface area contributed by atoms with Gasteiger partial charge >= 0.3 is 5.97 Å². The quantitative estimate of drug-likeness (QED) is 0.683. The minimum atomic E-state index is -0.873. The molecule has 0 saturated heterocycles. The fourth-order valence-corrected chi connectivity index (χ4v) is 3.05. The highest BCUT2D eigenvalue weighted by molar-refractivity contribution is 7.99. The molecule has 0 aromatic heterocycles. The van der Waals surface area contributed by atoms with Crippen LogP contribution in [0.5, 0.6) is 0 Å². The zero-order chi connectivity index (χ0) is 11.1. The summed E-state index contributed by atoms with van der Waals surface area (Å²) in [6, 6.07) is 0.576. The Kier molecular flexibility index (Phi) is 5.79. The van der Waals surface area contributed by atoms with Crippen molar-refractivity contribution in [1.29, 1.82) is 0 Å². The van der Waals surface area contributed by atoms with Gasteiger partial charge < -0.3 is 10.4 Å². The minimum Gasteiger partial charge on any atom is -0.478 e. The second-order valence-corrected chi connectivity index (χ2v) is 5.31. The van der Waals surface area contributed by atoms with E-state index in [9.17, 15) is 4.79 Å². The van der Waals surface area contributed by atoms with Crippen LogP contribution in [-0.4, -0.2) is 34.7 Å². The Hall–Kier alpha value is -0.480. The first-order valence-corrected chi connectivity index (χ1v) is 6.51. The summed E-state index contributed by atoms with van der Waals surface area (Å²) in [6.45, 7) is 2.86. The Balaban J connectivity index is 2.11. The molecule has 2 atom stereocenters. The molecule has 0 aromatic carbocycles. The average Bonchev–Trinajstić information content (AvgIpc) is 2.61. The van der Waals surface area contributed by atoms with Crippen LogP contribution in [0.15, 0.2) is 12.2 Å². The molecule has 0 amide bonds. The number of rotatable bonds is 6. The zero-order valence-electron chi connectivity index (χ0n) is 9.11. The lowest BCUT2D eigenvalue weighted by Gasteiger charge is -2.10. The van der Waals surface area contributed by atoms with E-state index >= 15 is 0 Å². The maximum Gasteiger partial charge on any atom is 0.328 e. The van der Waals surface area contributed by atoms with E-state index in [-0.39, 0.29) is 0 Å². The van der Waals surface area contributed by atoms with Crippen LogP contribution in [0, 0.1) is 0 Å². The van der Waals surface area contributed by atoms with Gasteiger partial charge in [0.25, 0.3) is 0 Å². The van der Waals surface area contributed by atoms with Crippen LogP contribution in [0.1, 0.15) is 26.2 Å². The van der Waals surface area contributed by atoms with Gasteiger partial charge in [0.15, 0.2) is 0 Å². The molecule has 86 valence electrons. The highest BCUT2D eigenvalue weighted by Crippen LogP contribution is 2.29. The summed E-state index contributed by atoms with van der Waals surface area (Å²) >= 11 is 2.03. The fourth-order valence-electron chi connectivity index (χ4n) is 1.91.